The zero-order valence-corrected chi connectivity index (χ0v) is 16.3. The lowest BCUT2D eigenvalue weighted by Gasteiger charge is -2.26. The molecule has 0 aliphatic rings. The van der Waals surface area contributed by atoms with Crippen LogP contribution in [0, 0.1) is 0 Å². The molecule has 1 aromatic heterocycles. The molecule has 5 nitrogen and oxygen atoms in total. The summed E-state index contributed by atoms with van der Waals surface area (Å²) in [6, 6.07) is 9.31. The molecular formula is C17H22BrClN4O. The van der Waals surface area contributed by atoms with Crippen LogP contribution in [-0.4, -0.2) is 52.1 Å². The molecule has 0 spiro atoms. The van der Waals surface area contributed by atoms with Crippen molar-refractivity contribution in [3.63, 3.8) is 0 Å². The predicted octanol–water partition coefficient (Wildman–Crippen LogP) is 3.81. The lowest BCUT2D eigenvalue weighted by molar-refractivity contribution is 0.0718. The Hall–Kier alpha value is -1.37. The van der Waals surface area contributed by atoms with Gasteiger partial charge >= 0.3 is 0 Å². The number of H-pyrrole nitrogens is 1. The number of benzene rings is 1. The quantitative estimate of drug-likeness (QED) is 0.716. The molecule has 7 heteroatoms. The summed E-state index contributed by atoms with van der Waals surface area (Å²) in [5.74, 6) is -0.0831. The second kappa shape index (κ2) is 9.20. The van der Waals surface area contributed by atoms with Gasteiger partial charge in [-0.25, -0.2) is 0 Å². The molecular weight excluding hydrogens is 392 g/mol. The van der Waals surface area contributed by atoms with Crippen molar-refractivity contribution in [3.05, 3.63) is 51.2 Å². The minimum Gasteiger partial charge on any atom is -0.332 e. The number of nitrogens with zero attached hydrogens (tertiary/aromatic N) is 3. The summed E-state index contributed by atoms with van der Waals surface area (Å²) in [6.45, 7) is 8.07. The minimum atomic E-state index is -0.0831. The van der Waals surface area contributed by atoms with E-state index in [1.54, 1.807) is 11.0 Å². The number of aromatic amines is 1. The van der Waals surface area contributed by atoms with Crippen molar-refractivity contribution in [3.8, 4) is 0 Å². The van der Waals surface area contributed by atoms with Gasteiger partial charge in [-0.15, -0.1) is 0 Å². The largest absolute Gasteiger partial charge is 0.332 e. The van der Waals surface area contributed by atoms with Crippen LogP contribution in [0.15, 0.2) is 34.9 Å². The molecule has 0 saturated heterocycles. The molecule has 0 atom stereocenters. The molecule has 0 unspecified atom stereocenters. The highest BCUT2D eigenvalue weighted by Gasteiger charge is 2.19. The molecule has 0 fully saturated rings. The zero-order chi connectivity index (χ0) is 17.5. The van der Waals surface area contributed by atoms with Gasteiger partial charge in [-0.2, -0.15) is 5.10 Å². The lowest BCUT2D eigenvalue weighted by atomic mass is 10.2. The molecule has 0 saturated carbocycles. The molecule has 24 heavy (non-hydrogen) atoms. The van der Waals surface area contributed by atoms with E-state index in [0.717, 1.165) is 25.2 Å². The highest BCUT2D eigenvalue weighted by atomic mass is 79.9. The van der Waals surface area contributed by atoms with E-state index in [-0.39, 0.29) is 5.91 Å². The first-order valence-corrected chi connectivity index (χ1v) is 9.18. The maximum atomic E-state index is 12.8. The monoisotopic (exact) mass is 412 g/mol. The van der Waals surface area contributed by atoms with Crippen LogP contribution >= 0.6 is 27.5 Å². The van der Waals surface area contributed by atoms with Gasteiger partial charge in [-0.05, 0) is 40.6 Å². The van der Waals surface area contributed by atoms with Crippen molar-refractivity contribution in [2.45, 2.75) is 20.4 Å². The van der Waals surface area contributed by atoms with Crippen LogP contribution in [0.1, 0.15) is 29.9 Å². The van der Waals surface area contributed by atoms with Crippen LogP contribution in [0.4, 0.5) is 0 Å². The molecule has 2 rings (SSSR count). The van der Waals surface area contributed by atoms with E-state index < -0.39 is 0 Å². The van der Waals surface area contributed by atoms with Gasteiger partial charge in [0.15, 0.2) is 0 Å². The summed E-state index contributed by atoms with van der Waals surface area (Å²) >= 11 is 9.53. The van der Waals surface area contributed by atoms with Gasteiger partial charge in [0.05, 0.1) is 0 Å². The van der Waals surface area contributed by atoms with E-state index in [1.165, 1.54) is 0 Å². The van der Waals surface area contributed by atoms with E-state index in [4.69, 9.17) is 11.6 Å². The molecule has 2 aromatic rings. The maximum Gasteiger partial charge on any atom is 0.272 e. The highest BCUT2D eigenvalue weighted by molar-refractivity contribution is 9.10. The topological polar surface area (TPSA) is 52.2 Å². The predicted molar refractivity (Wildman–Crippen MR) is 100 cm³/mol. The van der Waals surface area contributed by atoms with Crippen molar-refractivity contribution in [2.75, 3.05) is 26.2 Å². The summed E-state index contributed by atoms with van der Waals surface area (Å²) in [6.07, 6.45) is 0. The standard InChI is InChI=1S/C17H22BrClN4O/c1-3-22(4-2)9-10-23(12-13-7-5-6-8-14(13)19)17(24)15-11-16(18)21-20-15/h5-8,11H,3-4,9-10,12H2,1-2H3,(H,20,21). The number of carbonyl (C=O) groups excluding carboxylic acids is 1. The number of hydrogen-bond donors (Lipinski definition) is 1. The number of carbonyl (C=O) groups is 1. The SMILES string of the molecule is CCN(CC)CCN(Cc1ccccc1Cl)C(=O)c1cc(Br)n[nH]1. The molecule has 1 heterocycles. The zero-order valence-electron chi connectivity index (χ0n) is 13.9. The number of nitrogens with one attached hydrogen (secondary N) is 1. The first kappa shape index (κ1) is 19.0. The molecule has 0 bridgehead atoms. The van der Waals surface area contributed by atoms with Gasteiger partial charge in [0.1, 0.15) is 10.3 Å². The Morgan fingerprint density at radius 2 is 1.96 bits per heavy atom. The molecule has 1 aromatic carbocycles. The fourth-order valence-electron chi connectivity index (χ4n) is 2.46. The van der Waals surface area contributed by atoms with Crippen LogP contribution in [0.3, 0.4) is 0 Å². The maximum absolute atomic E-state index is 12.8. The van der Waals surface area contributed by atoms with Gasteiger partial charge < -0.3 is 9.80 Å². The average molecular weight is 414 g/mol. The molecule has 130 valence electrons. The van der Waals surface area contributed by atoms with E-state index >= 15 is 0 Å². The lowest BCUT2D eigenvalue weighted by Crippen LogP contribution is -2.38. The average Bonchev–Trinajstić information content (AvgIpc) is 3.02. The fourth-order valence-corrected chi connectivity index (χ4v) is 2.98. The number of aromatic nitrogens is 2. The summed E-state index contributed by atoms with van der Waals surface area (Å²) in [5.41, 5.74) is 1.40. The van der Waals surface area contributed by atoms with E-state index in [1.807, 2.05) is 24.3 Å². The van der Waals surface area contributed by atoms with E-state index in [9.17, 15) is 4.79 Å². The molecule has 1 N–H and O–H groups in total. The van der Waals surface area contributed by atoms with Crippen LogP contribution in [0.25, 0.3) is 0 Å². The summed E-state index contributed by atoms with van der Waals surface area (Å²) in [4.78, 5) is 16.9. The number of likely N-dealkylation sites (N-methyl/N-ethyl adjacent to an activating group) is 1. The first-order chi connectivity index (χ1) is 11.5. The summed E-state index contributed by atoms with van der Waals surface area (Å²) < 4.78 is 0.618. The third-order valence-corrected chi connectivity index (χ3v) is 4.74. The van der Waals surface area contributed by atoms with Crippen molar-refractivity contribution in [2.24, 2.45) is 0 Å². The molecule has 0 aliphatic heterocycles. The van der Waals surface area contributed by atoms with Crippen LogP contribution in [0.5, 0.6) is 0 Å². The Balaban J connectivity index is 2.17. The number of hydrogen-bond acceptors (Lipinski definition) is 3. The minimum absolute atomic E-state index is 0.0831. The molecule has 0 radical (unpaired) electrons. The van der Waals surface area contributed by atoms with Crippen LogP contribution < -0.4 is 0 Å². The summed E-state index contributed by atoms with van der Waals surface area (Å²) in [7, 11) is 0. The van der Waals surface area contributed by atoms with Crippen molar-refractivity contribution in [1.29, 1.82) is 0 Å². The Morgan fingerprint density at radius 3 is 2.54 bits per heavy atom. The number of amides is 1. The number of halogens is 2. The Bertz CT molecular complexity index is 672. The van der Waals surface area contributed by atoms with Crippen molar-refractivity contribution >= 4 is 33.4 Å². The van der Waals surface area contributed by atoms with Gasteiger partial charge in [0.2, 0.25) is 0 Å². The van der Waals surface area contributed by atoms with Gasteiger partial charge in [0.25, 0.3) is 5.91 Å². The second-order valence-corrected chi connectivity index (χ2v) is 6.67. The van der Waals surface area contributed by atoms with Gasteiger partial charge in [0, 0.05) is 30.7 Å². The highest BCUT2D eigenvalue weighted by Crippen LogP contribution is 2.18. The number of rotatable bonds is 8. The van der Waals surface area contributed by atoms with Gasteiger partial charge in [-0.1, -0.05) is 43.6 Å². The Labute approximate surface area is 156 Å². The Kier molecular flexibility index (Phi) is 7.27. The fraction of sp³-hybridized carbons (Fsp3) is 0.412. The smallest absolute Gasteiger partial charge is 0.272 e. The van der Waals surface area contributed by atoms with E-state index in [0.29, 0.717) is 28.4 Å². The molecule has 0 aliphatic carbocycles. The van der Waals surface area contributed by atoms with E-state index in [2.05, 4.69) is 44.9 Å². The van der Waals surface area contributed by atoms with Crippen molar-refractivity contribution < 1.29 is 4.79 Å². The van der Waals surface area contributed by atoms with Gasteiger partial charge in [-0.3, -0.25) is 9.89 Å². The summed E-state index contributed by atoms with van der Waals surface area (Å²) in [5, 5.41) is 7.42. The Morgan fingerprint density at radius 1 is 1.25 bits per heavy atom. The molecule has 1 amide bonds. The second-order valence-electron chi connectivity index (χ2n) is 5.45. The first-order valence-electron chi connectivity index (χ1n) is 8.01. The van der Waals surface area contributed by atoms with Crippen molar-refractivity contribution in [1.82, 2.24) is 20.0 Å². The van der Waals surface area contributed by atoms with Crippen LogP contribution in [0.2, 0.25) is 5.02 Å². The normalized spacial score (nSPS) is 11.0. The van der Waals surface area contributed by atoms with Crippen LogP contribution in [-0.2, 0) is 6.54 Å². The third kappa shape index (κ3) is 5.06. The third-order valence-electron chi connectivity index (χ3n) is 3.96.